The van der Waals surface area contributed by atoms with E-state index in [1.165, 1.54) is 18.2 Å². The Morgan fingerprint density at radius 2 is 1.38 bits per heavy atom. The summed E-state index contributed by atoms with van der Waals surface area (Å²) in [5.41, 5.74) is -3.89. The molecule has 2 heterocycles. The van der Waals surface area contributed by atoms with Crippen LogP contribution in [0.25, 0.3) is 0 Å². The van der Waals surface area contributed by atoms with Crippen LogP contribution < -0.4 is 15.3 Å². The predicted octanol–water partition coefficient (Wildman–Crippen LogP) is 8.25. The lowest BCUT2D eigenvalue weighted by molar-refractivity contribution is -0.273. The maximum absolute atomic E-state index is 14.3. The number of halogens is 7. The van der Waals surface area contributed by atoms with Crippen molar-refractivity contribution in [3.8, 4) is 5.75 Å². The minimum atomic E-state index is -5.23. The van der Waals surface area contributed by atoms with Gasteiger partial charge in [-0.05, 0) is 64.1 Å². The van der Waals surface area contributed by atoms with Crippen LogP contribution in [0.15, 0.2) is 97.1 Å². The molecule has 1 saturated carbocycles. The van der Waals surface area contributed by atoms with Gasteiger partial charge in [0.25, 0.3) is 8.32 Å². The normalized spacial score (nSPS) is 25.7. The lowest BCUT2D eigenvalue weighted by Crippen LogP contribution is -2.67. The van der Waals surface area contributed by atoms with Gasteiger partial charge >= 0.3 is 12.4 Å². The fourth-order valence-corrected chi connectivity index (χ4v) is 13.9. The van der Waals surface area contributed by atoms with Gasteiger partial charge in [-0.25, -0.2) is 0 Å². The van der Waals surface area contributed by atoms with Gasteiger partial charge in [-0.2, -0.15) is 26.3 Å². The van der Waals surface area contributed by atoms with Crippen LogP contribution in [0.1, 0.15) is 56.4 Å². The number of imide groups is 1. The maximum atomic E-state index is 14.3. The molecule has 2 N–H and O–H groups in total. The predicted molar refractivity (Wildman–Crippen MR) is 198 cm³/mol. The Hall–Kier alpha value is -4.21. The van der Waals surface area contributed by atoms with Crippen molar-refractivity contribution in [3.05, 3.63) is 119 Å². The fraction of sp³-hybridized carbons (Fsp3) is 0.366. The van der Waals surface area contributed by atoms with Crippen LogP contribution in [-0.2, 0) is 31.1 Å². The van der Waals surface area contributed by atoms with Crippen molar-refractivity contribution in [1.29, 1.82) is 0 Å². The molecule has 2 saturated heterocycles. The number of anilines is 1. The number of nitrogens with zero attached hydrogens (tertiary/aromatic N) is 1. The summed E-state index contributed by atoms with van der Waals surface area (Å²) in [7, 11) is -3.28. The van der Waals surface area contributed by atoms with Crippen molar-refractivity contribution in [2.24, 2.45) is 23.7 Å². The molecule has 2 aliphatic heterocycles. The lowest BCUT2D eigenvalue weighted by Gasteiger charge is -2.48. The lowest BCUT2D eigenvalue weighted by atomic mass is 9.64. The third-order valence-corrected chi connectivity index (χ3v) is 16.8. The third-order valence-electron chi connectivity index (χ3n) is 11.4. The minimum absolute atomic E-state index is 0.0741. The van der Waals surface area contributed by atoms with Gasteiger partial charge in [-0.15, -0.1) is 0 Å². The molecule has 56 heavy (non-hydrogen) atoms. The number of carbonyl (C=O) groups excluding carboxylic acids is 2. The van der Waals surface area contributed by atoms with Crippen molar-refractivity contribution < 1.29 is 55.3 Å². The number of alkyl halides is 6. The Morgan fingerprint density at radius 1 is 0.821 bits per heavy atom. The van der Waals surface area contributed by atoms with Gasteiger partial charge in [-0.1, -0.05) is 99.1 Å². The Bertz CT molecular complexity index is 2070. The summed E-state index contributed by atoms with van der Waals surface area (Å²) in [6, 6.07) is 24.0. The SMILES string of the molecule is CC(C)(C)[Si](OC[C@H]1C[C@@H]2C(=O)N(c3cc(C(F)(F)F)cc(C(F)(F)F)c3)C(=O)[C@@H]2[C@@H]2C[C@@H](c3ccc(O)cc3Cl)O[C@]12O)(c1ccccc1)c1ccccc1. The summed E-state index contributed by atoms with van der Waals surface area (Å²) >= 11 is 6.51. The molecule has 3 aliphatic rings. The van der Waals surface area contributed by atoms with Crippen LogP contribution in [0.3, 0.4) is 0 Å². The number of phenolic OH excluding ortho intramolecular Hbond substituents is 1. The molecular weight excluding hydrogens is 780 g/mol. The summed E-state index contributed by atoms with van der Waals surface area (Å²) in [6.45, 7) is 5.94. The standard InChI is InChI=1S/C41H38ClF6NO6Si/c1-38(2,3)56(28-10-6-4-7-11-28,29-12-8-5-9-13-29)54-22-25-19-31-35(32-21-34(55-39(25,32)53)30-15-14-27(50)20-33(30)42)37(52)49(36(31)51)26-17-23(40(43,44)45)16-24(18-26)41(46,47)48/h4-18,20,25,31-32,34-35,50,53H,19,21-22H2,1-3H3/t25-,31+,32+,34+,35+,39-/m1/s1. The van der Waals surface area contributed by atoms with Crippen LogP contribution in [0.5, 0.6) is 5.75 Å². The number of fused-ring (bicyclic) bond motifs is 3. The van der Waals surface area contributed by atoms with Crippen LogP contribution in [0.4, 0.5) is 32.0 Å². The quantitative estimate of drug-likeness (QED) is 0.111. The molecule has 15 heteroatoms. The van der Waals surface area contributed by atoms with Gasteiger partial charge in [0.2, 0.25) is 11.8 Å². The maximum Gasteiger partial charge on any atom is 0.416 e. The molecule has 4 aromatic carbocycles. The van der Waals surface area contributed by atoms with Crippen LogP contribution >= 0.6 is 11.6 Å². The van der Waals surface area contributed by atoms with Crippen LogP contribution in [0.2, 0.25) is 10.1 Å². The first-order valence-electron chi connectivity index (χ1n) is 18.0. The highest BCUT2D eigenvalue weighted by Crippen LogP contribution is 2.59. The molecule has 3 fully saturated rings. The highest BCUT2D eigenvalue weighted by atomic mass is 35.5. The van der Waals surface area contributed by atoms with Crippen LogP contribution in [0, 0.1) is 23.7 Å². The number of hydrogen-bond donors (Lipinski definition) is 2. The second kappa shape index (κ2) is 14.0. The van der Waals surface area contributed by atoms with E-state index < -0.39 is 89.9 Å². The molecule has 0 aromatic heterocycles. The molecular formula is C41H38ClF6NO6Si. The molecule has 1 aliphatic carbocycles. The highest BCUT2D eigenvalue weighted by Gasteiger charge is 2.67. The van der Waals surface area contributed by atoms with E-state index in [0.29, 0.717) is 22.6 Å². The summed E-state index contributed by atoms with van der Waals surface area (Å²) in [5, 5.41) is 24.2. The molecule has 7 nitrogen and oxygen atoms in total. The second-order valence-corrected chi connectivity index (χ2v) is 20.4. The molecule has 296 valence electrons. The fourth-order valence-electron chi connectivity index (χ4n) is 8.95. The van der Waals surface area contributed by atoms with Gasteiger partial charge < -0.3 is 19.4 Å². The largest absolute Gasteiger partial charge is 0.508 e. The van der Waals surface area contributed by atoms with E-state index >= 15 is 0 Å². The number of aromatic hydroxyl groups is 1. The smallest absolute Gasteiger partial charge is 0.416 e. The molecule has 7 rings (SSSR count). The summed E-state index contributed by atoms with van der Waals surface area (Å²) < 4.78 is 97.1. The van der Waals surface area contributed by atoms with Crippen molar-refractivity contribution >= 4 is 47.8 Å². The Balaban J connectivity index is 1.34. The topological polar surface area (TPSA) is 96.3 Å². The molecule has 0 bridgehead atoms. The van der Waals surface area contributed by atoms with Gasteiger partial charge in [0.05, 0.1) is 39.8 Å². The Morgan fingerprint density at radius 3 is 1.88 bits per heavy atom. The van der Waals surface area contributed by atoms with E-state index in [4.69, 9.17) is 20.8 Å². The van der Waals surface area contributed by atoms with E-state index in [-0.39, 0.29) is 36.3 Å². The highest BCUT2D eigenvalue weighted by molar-refractivity contribution is 6.99. The first-order chi connectivity index (χ1) is 26.2. The number of rotatable bonds is 7. The zero-order valence-electron chi connectivity index (χ0n) is 30.4. The number of phenols is 1. The Kier molecular flexibility index (Phi) is 10.0. The van der Waals surface area contributed by atoms with Crippen molar-refractivity contribution in [2.75, 3.05) is 11.5 Å². The summed E-state index contributed by atoms with van der Waals surface area (Å²) in [6.07, 6.45) is -11.8. The number of ether oxygens (including phenoxy) is 1. The Labute approximate surface area is 324 Å². The van der Waals surface area contributed by atoms with Crippen LogP contribution in [-0.4, -0.2) is 42.7 Å². The molecule has 6 atom stereocenters. The molecule has 0 spiro atoms. The third kappa shape index (κ3) is 6.72. The molecule has 0 unspecified atom stereocenters. The summed E-state index contributed by atoms with van der Waals surface area (Å²) in [5.74, 6) is -9.16. The second-order valence-electron chi connectivity index (χ2n) is 15.7. The average molecular weight is 818 g/mol. The van der Waals surface area contributed by atoms with E-state index in [1.807, 2.05) is 81.4 Å². The number of aliphatic hydroxyl groups is 1. The zero-order chi connectivity index (χ0) is 40.6. The van der Waals surface area contributed by atoms with Crippen molar-refractivity contribution in [3.63, 3.8) is 0 Å². The van der Waals surface area contributed by atoms with Gasteiger partial charge in [0.1, 0.15) is 5.75 Å². The number of benzene rings is 4. The minimum Gasteiger partial charge on any atom is -0.508 e. The molecule has 2 amide bonds. The molecule has 4 aromatic rings. The first-order valence-corrected chi connectivity index (χ1v) is 20.3. The van der Waals surface area contributed by atoms with E-state index in [1.54, 1.807) is 0 Å². The number of carbonyl (C=O) groups is 2. The van der Waals surface area contributed by atoms with E-state index in [0.717, 1.165) is 10.4 Å². The number of hydrogen-bond acceptors (Lipinski definition) is 6. The van der Waals surface area contributed by atoms with Gasteiger partial charge in [-0.3, -0.25) is 14.5 Å². The van der Waals surface area contributed by atoms with Gasteiger partial charge in [0, 0.05) is 18.4 Å². The monoisotopic (exact) mass is 817 g/mol. The zero-order valence-corrected chi connectivity index (χ0v) is 32.1. The number of amides is 2. The van der Waals surface area contributed by atoms with Crippen molar-refractivity contribution in [1.82, 2.24) is 0 Å². The first kappa shape index (κ1) is 40.0. The van der Waals surface area contributed by atoms with Gasteiger partial charge in [0.15, 0.2) is 5.79 Å². The van der Waals surface area contributed by atoms with E-state index in [2.05, 4.69) is 0 Å². The van der Waals surface area contributed by atoms with E-state index in [9.17, 15) is 46.1 Å². The summed E-state index contributed by atoms with van der Waals surface area (Å²) in [4.78, 5) is 29.0. The molecule has 0 radical (unpaired) electrons. The van der Waals surface area contributed by atoms with Crippen molar-refractivity contribution in [2.45, 2.75) is 62.9 Å². The average Bonchev–Trinajstić information content (AvgIpc) is 3.60.